The van der Waals surface area contributed by atoms with Crippen LogP contribution in [0.5, 0.6) is 5.75 Å². The van der Waals surface area contributed by atoms with Crippen molar-refractivity contribution < 1.29 is 13.9 Å². The highest BCUT2D eigenvalue weighted by atomic mass is 19.1. The van der Waals surface area contributed by atoms with Crippen molar-refractivity contribution >= 4 is 33.4 Å². The lowest BCUT2D eigenvalue weighted by molar-refractivity contribution is -0.120. The lowest BCUT2D eigenvalue weighted by atomic mass is 9.88. The Morgan fingerprint density at radius 2 is 1.85 bits per heavy atom. The van der Waals surface area contributed by atoms with Crippen LogP contribution in [-0.4, -0.2) is 63.2 Å². The molecule has 0 aliphatic heterocycles. The van der Waals surface area contributed by atoms with Gasteiger partial charge in [-0.05, 0) is 74.5 Å². The number of carbonyl (C=O) groups excluding carboxylic acids is 1. The van der Waals surface area contributed by atoms with Gasteiger partial charge in [-0.2, -0.15) is 5.10 Å². The largest absolute Gasteiger partial charge is 0.492 e. The normalized spacial score (nSPS) is 13.9. The van der Waals surface area contributed by atoms with E-state index < -0.39 is 0 Å². The lowest BCUT2D eigenvalue weighted by Gasteiger charge is -2.20. The van der Waals surface area contributed by atoms with Gasteiger partial charge in [-0.3, -0.25) is 19.9 Å². The van der Waals surface area contributed by atoms with Gasteiger partial charge in [-0.1, -0.05) is 31.4 Å². The number of halogens is 1. The third kappa shape index (κ3) is 6.21. The zero-order chi connectivity index (χ0) is 31.6. The molecule has 10 heteroatoms. The van der Waals surface area contributed by atoms with E-state index >= 15 is 0 Å². The highest BCUT2D eigenvalue weighted by Crippen LogP contribution is 2.36. The van der Waals surface area contributed by atoms with Crippen LogP contribution in [0.2, 0.25) is 0 Å². The summed E-state index contributed by atoms with van der Waals surface area (Å²) in [4.78, 5) is 27.4. The second-order valence-corrected chi connectivity index (χ2v) is 12.3. The number of nitrogens with one attached hydrogen (secondary N) is 3. The number of fused-ring (bicyclic) bond motifs is 2. The maximum Gasteiger partial charge on any atom is 0.227 e. The molecule has 1 aliphatic rings. The average molecular weight is 618 g/mol. The zero-order valence-electron chi connectivity index (χ0n) is 25.9. The molecule has 0 spiro atoms. The maximum absolute atomic E-state index is 14.7. The van der Waals surface area contributed by atoms with E-state index in [1.807, 2.05) is 61.5 Å². The number of H-pyrrole nitrogens is 2. The molecule has 0 bridgehead atoms. The number of aromatic amines is 2. The van der Waals surface area contributed by atoms with E-state index in [1.165, 1.54) is 18.6 Å². The molecule has 0 atom stereocenters. The smallest absolute Gasteiger partial charge is 0.227 e. The summed E-state index contributed by atoms with van der Waals surface area (Å²) in [7, 11) is 3.94. The van der Waals surface area contributed by atoms with Gasteiger partial charge in [0.1, 0.15) is 23.9 Å². The number of ether oxygens (including phenoxy) is 1. The van der Waals surface area contributed by atoms with Crippen LogP contribution >= 0.6 is 0 Å². The molecule has 1 saturated carbocycles. The maximum atomic E-state index is 14.7. The Balaban J connectivity index is 1.19. The van der Waals surface area contributed by atoms with Gasteiger partial charge in [0.2, 0.25) is 5.91 Å². The second kappa shape index (κ2) is 12.7. The summed E-state index contributed by atoms with van der Waals surface area (Å²) in [6, 6.07) is 16.7. The van der Waals surface area contributed by atoms with Gasteiger partial charge in [0.05, 0.1) is 35.0 Å². The summed E-state index contributed by atoms with van der Waals surface area (Å²) < 4.78 is 20.6. The first-order valence-electron chi connectivity index (χ1n) is 15.7. The van der Waals surface area contributed by atoms with E-state index in [1.54, 1.807) is 18.6 Å². The first-order valence-corrected chi connectivity index (χ1v) is 15.7. The Labute approximate surface area is 266 Å². The molecule has 0 unspecified atom stereocenters. The van der Waals surface area contributed by atoms with E-state index in [-0.39, 0.29) is 17.6 Å². The van der Waals surface area contributed by atoms with Gasteiger partial charge in [-0.15, -0.1) is 0 Å². The van der Waals surface area contributed by atoms with Crippen LogP contribution in [0.3, 0.4) is 0 Å². The molecule has 1 aliphatic carbocycles. The number of aromatic nitrogens is 5. The molecule has 7 rings (SSSR count). The van der Waals surface area contributed by atoms with Crippen LogP contribution in [0, 0.1) is 11.7 Å². The highest BCUT2D eigenvalue weighted by Gasteiger charge is 2.21. The topological polar surface area (TPSA) is 112 Å². The van der Waals surface area contributed by atoms with Crippen molar-refractivity contribution in [2.24, 2.45) is 5.92 Å². The molecule has 1 amide bonds. The molecule has 0 radical (unpaired) electrons. The number of carbonyl (C=O) groups is 1. The van der Waals surface area contributed by atoms with Gasteiger partial charge in [0.25, 0.3) is 0 Å². The van der Waals surface area contributed by atoms with Crippen LogP contribution in [0.15, 0.2) is 73.2 Å². The highest BCUT2D eigenvalue weighted by molar-refractivity contribution is 6.01. The molecule has 4 aromatic heterocycles. The molecule has 2 aromatic carbocycles. The molecule has 234 valence electrons. The Morgan fingerprint density at radius 1 is 0.978 bits per heavy atom. The van der Waals surface area contributed by atoms with E-state index in [0.717, 1.165) is 87.8 Å². The first-order chi connectivity index (χ1) is 22.4. The summed E-state index contributed by atoms with van der Waals surface area (Å²) in [5.41, 5.74) is 7.04. The van der Waals surface area contributed by atoms with Crippen molar-refractivity contribution in [1.82, 2.24) is 30.0 Å². The summed E-state index contributed by atoms with van der Waals surface area (Å²) in [6.07, 6.45) is 10.4. The minimum Gasteiger partial charge on any atom is -0.492 e. The number of rotatable bonds is 9. The summed E-state index contributed by atoms with van der Waals surface area (Å²) >= 11 is 0. The van der Waals surface area contributed by atoms with Crippen molar-refractivity contribution in [1.29, 1.82) is 0 Å². The van der Waals surface area contributed by atoms with Gasteiger partial charge in [0, 0.05) is 46.6 Å². The van der Waals surface area contributed by atoms with Gasteiger partial charge in [-0.25, -0.2) is 4.39 Å². The quantitative estimate of drug-likeness (QED) is 0.156. The molecular weight excluding hydrogens is 581 g/mol. The first kappa shape index (κ1) is 29.6. The average Bonchev–Trinajstić information content (AvgIpc) is 3.69. The van der Waals surface area contributed by atoms with Gasteiger partial charge < -0.3 is 19.9 Å². The van der Waals surface area contributed by atoms with Crippen molar-refractivity contribution in [3.63, 3.8) is 0 Å². The lowest BCUT2D eigenvalue weighted by Crippen LogP contribution is -2.24. The van der Waals surface area contributed by atoms with Crippen molar-refractivity contribution in [3.8, 4) is 39.5 Å². The van der Waals surface area contributed by atoms with E-state index in [4.69, 9.17) is 4.74 Å². The molecule has 6 aromatic rings. The fraction of sp³-hybridized carbons (Fsp3) is 0.278. The van der Waals surface area contributed by atoms with Crippen molar-refractivity contribution in [2.45, 2.75) is 32.1 Å². The Bertz CT molecular complexity index is 2030. The standard InChI is InChI=1S/C36H36FN7O2/c1-44(2)11-12-46-27-15-23(13-25(37)16-27)28-9-6-10-31-29(28)17-33(41-31)35-30-18-32(39-21-34(30)42-43-35)24-14-26(20-38-19-24)40-36(45)22-7-4-3-5-8-22/h6,9-10,13-22,41H,3-5,7-8,11-12H2,1-2H3,(H,40,45)(H,42,43). The van der Waals surface area contributed by atoms with E-state index in [0.29, 0.717) is 18.0 Å². The third-order valence-corrected chi connectivity index (χ3v) is 8.63. The Hall–Kier alpha value is -5.09. The third-order valence-electron chi connectivity index (χ3n) is 8.63. The minimum absolute atomic E-state index is 0.0570. The van der Waals surface area contributed by atoms with Crippen LogP contribution in [0.4, 0.5) is 10.1 Å². The van der Waals surface area contributed by atoms with Crippen molar-refractivity contribution in [3.05, 3.63) is 79.0 Å². The molecule has 1 fully saturated rings. The number of benzene rings is 2. The number of hydrogen-bond acceptors (Lipinski definition) is 6. The van der Waals surface area contributed by atoms with Crippen LogP contribution < -0.4 is 10.1 Å². The summed E-state index contributed by atoms with van der Waals surface area (Å²) in [5, 5.41) is 12.6. The second-order valence-electron chi connectivity index (χ2n) is 12.3. The minimum atomic E-state index is -0.351. The molecule has 0 saturated heterocycles. The Kier molecular flexibility index (Phi) is 8.19. The van der Waals surface area contributed by atoms with Crippen LogP contribution in [-0.2, 0) is 4.79 Å². The molecular formula is C36H36FN7O2. The van der Waals surface area contributed by atoms with E-state index in [9.17, 15) is 9.18 Å². The summed E-state index contributed by atoms with van der Waals surface area (Å²) in [6.45, 7) is 1.20. The number of anilines is 1. The van der Waals surface area contributed by atoms with Crippen molar-refractivity contribution in [2.75, 3.05) is 32.6 Å². The number of hydrogen-bond donors (Lipinski definition) is 3. The van der Waals surface area contributed by atoms with Crippen LogP contribution in [0.25, 0.3) is 55.6 Å². The predicted molar refractivity (Wildman–Crippen MR) is 179 cm³/mol. The molecule has 9 nitrogen and oxygen atoms in total. The molecule has 46 heavy (non-hydrogen) atoms. The fourth-order valence-electron chi connectivity index (χ4n) is 6.22. The number of likely N-dealkylation sites (N-methyl/N-ethyl adjacent to an activating group) is 1. The van der Waals surface area contributed by atoms with Crippen LogP contribution in [0.1, 0.15) is 32.1 Å². The predicted octanol–water partition coefficient (Wildman–Crippen LogP) is 7.43. The monoisotopic (exact) mass is 617 g/mol. The van der Waals surface area contributed by atoms with Gasteiger partial charge in [0.15, 0.2) is 0 Å². The molecule has 4 heterocycles. The fourth-order valence-corrected chi connectivity index (χ4v) is 6.22. The van der Waals surface area contributed by atoms with E-state index in [2.05, 4.69) is 30.5 Å². The zero-order valence-corrected chi connectivity index (χ0v) is 25.9. The molecule has 3 N–H and O–H groups in total. The summed E-state index contributed by atoms with van der Waals surface area (Å²) in [5.74, 6) is 0.260. The Morgan fingerprint density at radius 3 is 2.70 bits per heavy atom. The number of amides is 1. The SMILES string of the molecule is CN(C)CCOc1cc(F)cc(-c2cccc3[nH]c(-c4n[nH]c5cnc(-c6cncc(NC(=O)C7CCCCC7)c6)cc45)cc23)c1. The number of pyridine rings is 2. The number of nitrogens with zero attached hydrogens (tertiary/aromatic N) is 4. The van der Waals surface area contributed by atoms with Gasteiger partial charge >= 0.3 is 0 Å².